The van der Waals surface area contributed by atoms with Crippen molar-refractivity contribution in [1.29, 1.82) is 5.15 Å². The van der Waals surface area contributed by atoms with Gasteiger partial charge < -0.3 is 24.8 Å². The first-order valence-electron chi connectivity index (χ1n) is 7.09. The van der Waals surface area contributed by atoms with Crippen LogP contribution in [0.3, 0.4) is 0 Å². The molecule has 0 saturated carbocycles. The molecule has 1 unspecified atom stereocenters. The Hall–Kier alpha value is -1.91. The number of carbonyl (C=O) groups excluding carboxylic acids is 1. The lowest BCUT2D eigenvalue weighted by Gasteiger charge is -2.17. The predicted molar refractivity (Wildman–Crippen MR) is 81.1 cm³/mol. The van der Waals surface area contributed by atoms with Gasteiger partial charge in [0.2, 0.25) is 0 Å². The molecule has 0 bridgehead atoms. The maximum Gasteiger partial charge on any atom is 0.330 e. The van der Waals surface area contributed by atoms with Crippen LogP contribution in [0.25, 0.3) is 0 Å². The lowest BCUT2D eigenvalue weighted by molar-refractivity contribution is -0.139. The number of ether oxygens (including phenoxy) is 2. The van der Waals surface area contributed by atoms with E-state index in [0.717, 1.165) is 17.9 Å². The highest BCUT2D eigenvalue weighted by Crippen LogP contribution is 2.27. The molecule has 0 aliphatic carbocycles. The molecule has 1 aliphatic rings. The van der Waals surface area contributed by atoms with Gasteiger partial charge in [0.15, 0.2) is 7.64 Å². The van der Waals surface area contributed by atoms with Crippen molar-refractivity contribution in [3.63, 3.8) is 0 Å². The van der Waals surface area contributed by atoms with Crippen LogP contribution >= 0.6 is 9.03 Å². The SMILES string of the molecule is COC(=O)Cc1cn([C@@H]2O[C@H](CO)C(O)[C@@H]2O)c(=O)[nH]c1=O.[3H]N=P. The van der Waals surface area contributed by atoms with Crippen LogP contribution in [0.4, 0.5) is 0 Å². The molecule has 11 nitrogen and oxygen atoms in total. The minimum Gasteiger partial charge on any atom is -0.469 e. The summed E-state index contributed by atoms with van der Waals surface area (Å²) in [5.74, 6) is -0.683. The molecule has 5 N–H and O–H groups in total. The molecule has 0 spiro atoms. The number of nitrogens with zero attached hydrogens (tertiary/aromatic N) is 1. The van der Waals surface area contributed by atoms with E-state index in [1.807, 2.05) is 4.98 Å². The van der Waals surface area contributed by atoms with Crippen LogP contribution in [0.5, 0.6) is 0 Å². The second-order valence-electron chi connectivity index (χ2n) is 4.80. The van der Waals surface area contributed by atoms with E-state index in [4.69, 9.17) is 11.3 Å². The summed E-state index contributed by atoms with van der Waals surface area (Å²) in [6, 6.07) is 0. The quantitative estimate of drug-likeness (QED) is 0.294. The maximum absolute atomic E-state index is 11.8. The van der Waals surface area contributed by atoms with Crippen molar-refractivity contribution in [3.8, 4) is 0 Å². The van der Waals surface area contributed by atoms with Gasteiger partial charge in [0.05, 0.1) is 20.1 Å². The molecule has 0 aromatic carbocycles. The third-order valence-electron chi connectivity index (χ3n) is 3.40. The van der Waals surface area contributed by atoms with E-state index in [2.05, 4.69) is 18.9 Å². The van der Waals surface area contributed by atoms with E-state index >= 15 is 0 Å². The Kier molecular flexibility index (Phi) is 6.76. The Bertz CT molecular complexity index is 723. The Labute approximate surface area is 139 Å². The molecule has 24 heavy (non-hydrogen) atoms. The first kappa shape index (κ1) is 18.4. The summed E-state index contributed by atoms with van der Waals surface area (Å²) in [5, 5.41) is 31.2. The summed E-state index contributed by atoms with van der Waals surface area (Å²) in [4.78, 5) is 36.7. The van der Waals surface area contributed by atoms with Crippen LogP contribution in [-0.4, -0.2) is 62.9 Å². The Morgan fingerprint density at radius 1 is 1.54 bits per heavy atom. The second-order valence-corrected chi connectivity index (χ2v) is 4.80. The van der Waals surface area contributed by atoms with Gasteiger partial charge in [0.1, 0.15) is 18.3 Å². The summed E-state index contributed by atoms with van der Waals surface area (Å²) < 4.78 is 16.2. The van der Waals surface area contributed by atoms with Crippen LogP contribution < -0.4 is 11.2 Å². The van der Waals surface area contributed by atoms with E-state index in [1.165, 1.54) is 0 Å². The zero-order valence-electron chi connectivity index (χ0n) is 13.6. The normalized spacial score (nSPS) is 26.1. The van der Waals surface area contributed by atoms with Crippen LogP contribution in [0.1, 0.15) is 11.8 Å². The second kappa shape index (κ2) is 8.81. The topological polar surface area (TPSA) is 175 Å². The first-order chi connectivity index (χ1) is 11.8. The van der Waals surface area contributed by atoms with Gasteiger partial charge in [-0.3, -0.25) is 24.3 Å². The molecule has 0 amide bonds. The van der Waals surface area contributed by atoms with E-state index < -0.39 is 48.4 Å². The van der Waals surface area contributed by atoms with Gasteiger partial charge >= 0.3 is 11.7 Å². The molecule has 2 heterocycles. The van der Waals surface area contributed by atoms with Gasteiger partial charge in [-0.25, -0.2) is 4.79 Å². The molecule has 4 atom stereocenters. The van der Waals surface area contributed by atoms with Gasteiger partial charge in [-0.05, 0) is 9.03 Å². The lowest BCUT2D eigenvalue weighted by Crippen LogP contribution is -2.39. The zero-order chi connectivity index (χ0) is 19.1. The van der Waals surface area contributed by atoms with Crippen LogP contribution in [0, 0.1) is 5.15 Å². The van der Waals surface area contributed by atoms with Crippen molar-refractivity contribution in [2.24, 2.45) is 0 Å². The molecule has 2 rings (SSSR count). The van der Waals surface area contributed by atoms with E-state index in [-0.39, 0.29) is 12.0 Å². The maximum atomic E-state index is 11.8. The fraction of sp³-hybridized carbons (Fsp3) is 0.583. The number of aliphatic hydroxyl groups is 3. The molecule has 1 aromatic rings. The Morgan fingerprint density at radius 3 is 2.67 bits per heavy atom. The van der Waals surface area contributed by atoms with Gasteiger partial charge in [0.25, 0.3) is 5.56 Å². The van der Waals surface area contributed by atoms with Gasteiger partial charge in [0, 0.05) is 11.8 Å². The number of hydrogen-bond donors (Lipinski definition) is 5. The average Bonchev–Trinajstić information content (AvgIpc) is 2.86. The van der Waals surface area contributed by atoms with Gasteiger partial charge in [-0.2, -0.15) is 0 Å². The summed E-state index contributed by atoms with van der Waals surface area (Å²) >= 11 is 0. The van der Waals surface area contributed by atoms with Crippen molar-refractivity contribution in [1.82, 2.24) is 9.55 Å². The van der Waals surface area contributed by atoms with Gasteiger partial charge in [-0.1, -0.05) is 0 Å². The Balaban J connectivity index is 0.000000970. The van der Waals surface area contributed by atoms with Crippen LogP contribution in [0.2, 0.25) is 1.41 Å². The van der Waals surface area contributed by atoms with Crippen molar-refractivity contribution >= 4 is 15.0 Å². The third kappa shape index (κ3) is 4.13. The first-order valence-corrected chi connectivity index (χ1v) is 7.09. The summed E-state index contributed by atoms with van der Waals surface area (Å²) in [6.45, 7) is -0.554. The number of carbonyl (C=O) groups is 1. The molecule has 12 heteroatoms. The number of methoxy groups -OCH3 is 1. The van der Waals surface area contributed by atoms with E-state index in [1.54, 1.807) is 0 Å². The predicted octanol–water partition coefficient (Wildman–Crippen LogP) is -2.24. The van der Waals surface area contributed by atoms with Crippen molar-refractivity contribution < 1.29 is 31.0 Å². The number of aromatic nitrogens is 2. The van der Waals surface area contributed by atoms with Crippen molar-refractivity contribution in [3.05, 3.63) is 32.6 Å². The summed E-state index contributed by atoms with van der Waals surface area (Å²) in [6.07, 6.45) is -4.56. The van der Waals surface area contributed by atoms with E-state index in [9.17, 15) is 24.6 Å². The van der Waals surface area contributed by atoms with Gasteiger partial charge in [-0.15, -0.1) is 0 Å². The largest absolute Gasteiger partial charge is 0.469 e. The number of aromatic amines is 1. The minimum atomic E-state index is -1.48. The smallest absolute Gasteiger partial charge is 0.330 e. The number of H-pyrrole nitrogens is 1. The minimum absolute atomic E-state index is 0.0656. The standard InChI is InChI=1S/C12H16N2O8.H2NP/c1-21-7(16)2-5-3-14(12(20)13-10(5)19)11-9(18)8(17)6(4-15)22-11;1-2/h3,6,8-9,11,15,17-18H,2,4H2,1H3,(H,13,19,20);1-2H/t6-,8?,9+,11-;/m1./s1/i/hT. The number of hydrogen-bond acceptors (Lipinski definition) is 9. The molecule has 1 saturated heterocycles. The van der Waals surface area contributed by atoms with E-state index in [0.29, 0.717) is 0 Å². The van der Waals surface area contributed by atoms with Crippen molar-refractivity contribution in [2.45, 2.75) is 31.0 Å². The molecule has 1 fully saturated rings. The number of rotatable bonds is 4. The zero-order valence-corrected chi connectivity index (χ0v) is 13.6. The fourth-order valence-corrected chi connectivity index (χ4v) is 2.18. The highest BCUT2D eigenvalue weighted by molar-refractivity contribution is 7.02. The molecule has 0 radical (unpaired) electrons. The third-order valence-corrected chi connectivity index (χ3v) is 3.40. The molecular formula is C12H18N3O8P. The number of esters is 1. The highest BCUT2D eigenvalue weighted by Gasteiger charge is 2.43. The molecule has 134 valence electrons. The summed E-state index contributed by atoms with van der Waals surface area (Å²) in [7, 11) is 3.63. The van der Waals surface area contributed by atoms with Crippen LogP contribution in [0.15, 0.2) is 15.8 Å². The Morgan fingerprint density at radius 2 is 2.17 bits per heavy atom. The summed E-state index contributed by atoms with van der Waals surface area (Å²) in [5.41, 5.74) is -1.71. The molecule has 1 aromatic heterocycles. The fourth-order valence-electron chi connectivity index (χ4n) is 2.18. The lowest BCUT2D eigenvalue weighted by atomic mass is 10.1. The highest BCUT2D eigenvalue weighted by atomic mass is 31.0. The van der Waals surface area contributed by atoms with Crippen molar-refractivity contribution in [2.75, 3.05) is 13.7 Å². The molecule has 1 aliphatic heterocycles. The number of nitrogens with one attached hydrogen (secondary N) is 2. The monoisotopic (exact) mass is 365 g/mol. The average molecular weight is 365 g/mol. The number of aliphatic hydroxyl groups excluding tert-OH is 3. The van der Waals surface area contributed by atoms with Crippen LogP contribution in [-0.2, 0) is 20.7 Å². The molecular weight excluding hydrogens is 345 g/mol.